The lowest BCUT2D eigenvalue weighted by Crippen LogP contribution is -2.47. The number of fused-ring (bicyclic) bond motifs is 3. The van der Waals surface area contributed by atoms with Gasteiger partial charge < -0.3 is 24.9 Å². The third kappa shape index (κ3) is 6.06. The van der Waals surface area contributed by atoms with Gasteiger partial charge in [-0.15, -0.1) is 0 Å². The highest BCUT2D eigenvalue weighted by molar-refractivity contribution is 5.88. The van der Waals surface area contributed by atoms with E-state index in [1.807, 2.05) is 12.1 Å². The molecular formula is C26H26N2O7. The van der Waals surface area contributed by atoms with Crippen molar-refractivity contribution >= 4 is 28.8 Å². The van der Waals surface area contributed by atoms with Gasteiger partial charge in [-0.1, -0.05) is 30.3 Å². The fourth-order valence-electron chi connectivity index (χ4n) is 4.19. The Morgan fingerprint density at radius 3 is 2.49 bits per heavy atom. The first-order valence-electron chi connectivity index (χ1n) is 11.4. The van der Waals surface area contributed by atoms with Crippen molar-refractivity contribution in [2.75, 3.05) is 13.2 Å². The van der Waals surface area contributed by atoms with Crippen molar-refractivity contribution in [1.82, 2.24) is 10.6 Å². The monoisotopic (exact) mass is 478 g/mol. The number of ether oxygens (including phenoxy) is 1. The Labute approximate surface area is 201 Å². The van der Waals surface area contributed by atoms with Crippen LogP contribution in [-0.4, -0.2) is 42.1 Å². The Kier molecular flexibility index (Phi) is 7.45. The van der Waals surface area contributed by atoms with Crippen LogP contribution in [0.1, 0.15) is 29.5 Å². The SMILES string of the molecule is O=C(COc1ccc2c3c(c(=O)oc2c1)CCCC3)NCC(=O)NC(Cc1ccccc1)C(=O)O. The van der Waals surface area contributed by atoms with E-state index in [1.165, 1.54) is 0 Å². The van der Waals surface area contributed by atoms with E-state index in [0.29, 0.717) is 11.3 Å². The summed E-state index contributed by atoms with van der Waals surface area (Å²) in [5, 5.41) is 15.1. The van der Waals surface area contributed by atoms with E-state index >= 15 is 0 Å². The first kappa shape index (κ1) is 24.0. The van der Waals surface area contributed by atoms with E-state index in [9.17, 15) is 24.3 Å². The molecule has 1 aromatic heterocycles. The molecule has 9 heteroatoms. The van der Waals surface area contributed by atoms with Crippen molar-refractivity contribution in [3.05, 3.63) is 75.6 Å². The fraction of sp³-hybridized carbons (Fsp3) is 0.308. The number of amides is 2. The maximum Gasteiger partial charge on any atom is 0.339 e. The van der Waals surface area contributed by atoms with Crippen LogP contribution in [0, 0.1) is 0 Å². The van der Waals surface area contributed by atoms with Gasteiger partial charge >= 0.3 is 11.6 Å². The second kappa shape index (κ2) is 10.9. The molecule has 0 saturated heterocycles. The summed E-state index contributed by atoms with van der Waals surface area (Å²) in [5.74, 6) is -1.99. The molecule has 182 valence electrons. The number of nitrogens with one attached hydrogen (secondary N) is 2. The number of rotatable bonds is 9. The molecule has 2 amide bonds. The van der Waals surface area contributed by atoms with Crippen LogP contribution in [0.2, 0.25) is 0 Å². The van der Waals surface area contributed by atoms with Crippen molar-refractivity contribution in [2.45, 2.75) is 38.1 Å². The quantitative estimate of drug-likeness (QED) is 0.400. The zero-order chi connectivity index (χ0) is 24.8. The zero-order valence-corrected chi connectivity index (χ0v) is 19.0. The van der Waals surface area contributed by atoms with Crippen molar-refractivity contribution in [3.8, 4) is 5.75 Å². The van der Waals surface area contributed by atoms with Crippen LogP contribution in [-0.2, 0) is 33.6 Å². The number of benzene rings is 2. The molecule has 0 spiro atoms. The zero-order valence-electron chi connectivity index (χ0n) is 19.0. The lowest BCUT2D eigenvalue weighted by Gasteiger charge is -2.16. The van der Waals surface area contributed by atoms with Crippen molar-refractivity contribution in [3.63, 3.8) is 0 Å². The number of carboxylic acids is 1. The molecule has 3 N–H and O–H groups in total. The number of hydrogen-bond acceptors (Lipinski definition) is 6. The van der Waals surface area contributed by atoms with Gasteiger partial charge in [-0.05, 0) is 48.9 Å². The molecule has 1 aliphatic carbocycles. The van der Waals surface area contributed by atoms with Crippen LogP contribution in [0.25, 0.3) is 11.0 Å². The van der Waals surface area contributed by atoms with Crippen LogP contribution in [0.3, 0.4) is 0 Å². The van der Waals surface area contributed by atoms with Gasteiger partial charge in [-0.2, -0.15) is 0 Å². The number of aliphatic carboxylic acids is 1. The number of aryl methyl sites for hydroxylation is 1. The van der Waals surface area contributed by atoms with Crippen molar-refractivity contribution in [1.29, 1.82) is 0 Å². The second-order valence-electron chi connectivity index (χ2n) is 8.43. The molecule has 1 aliphatic rings. The molecule has 1 heterocycles. The second-order valence-corrected chi connectivity index (χ2v) is 8.43. The molecule has 0 aliphatic heterocycles. The minimum Gasteiger partial charge on any atom is -0.484 e. The fourth-order valence-corrected chi connectivity index (χ4v) is 4.19. The third-order valence-corrected chi connectivity index (χ3v) is 5.93. The van der Waals surface area contributed by atoms with Gasteiger partial charge in [0.1, 0.15) is 17.4 Å². The molecule has 0 saturated carbocycles. The lowest BCUT2D eigenvalue weighted by molar-refractivity contribution is -0.141. The van der Waals surface area contributed by atoms with Crippen LogP contribution in [0.15, 0.2) is 57.7 Å². The molecule has 0 fully saturated rings. The van der Waals surface area contributed by atoms with Crippen LogP contribution in [0.4, 0.5) is 0 Å². The van der Waals surface area contributed by atoms with E-state index in [0.717, 1.165) is 47.8 Å². The smallest absolute Gasteiger partial charge is 0.339 e. The Morgan fingerprint density at radius 2 is 1.74 bits per heavy atom. The first-order chi connectivity index (χ1) is 16.9. The highest BCUT2D eigenvalue weighted by Crippen LogP contribution is 2.29. The summed E-state index contributed by atoms with van der Waals surface area (Å²) in [4.78, 5) is 48.0. The van der Waals surface area contributed by atoms with Crippen molar-refractivity contribution in [2.24, 2.45) is 0 Å². The maximum absolute atomic E-state index is 12.3. The summed E-state index contributed by atoms with van der Waals surface area (Å²) < 4.78 is 10.9. The summed E-state index contributed by atoms with van der Waals surface area (Å²) in [6.45, 7) is -0.750. The van der Waals surface area contributed by atoms with Crippen LogP contribution >= 0.6 is 0 Å². The predicted octanol–water partition coefficient (Wildman–Crippen LogP) is 1.98. The normalized spacial score (nSPS) is 13.5. The Balaban J connectivity index is 1.29. The van der Waals surface area contributed by atoms with Crippen LogP contribution < -0.4 is 21.0 Å². The number of carboxylic acid groups (broad SMARTS) is 1. The van der Waals surface area contributed by atoms with Gasteiger partial charge in [-0.3, -0.25) is 9.59 Å². The molecule has 1 atom stereocenters. The van der Waals surface area contributed by atoms with E-state index in [-0.39, 0.29) is 25.2 Å². The highest BCUT2D eigenvalue weighted by atomic mass is 16.5. The van der Waals surface area contributed by atoms with E-state index in [4.69, 9.17) is 9.15 Å². The first-order valence-corrected chi connectivity index (χ1v) is 11.4. The number of carbonyl (C=O) groups is 3. The molecule has 35 heavy (non-hydrogen) atoms. The third-order valence-electron chi connectivity index (χ3n) is 5.93. The van der Waals surface area contributed by atoms with Gasteiger partial charge in [-0.25, -0.2) is 9.59 Å². The standard InChI is InChI=1S/C26H26N2O7/c29-23(28-21(25(31)32)12-16-6-2-1-3-7-16)14-27-24(30)15-34-17-10-11-19-18-8-4-5-9-20(18)26(33)35-22(19)13-17/h1-3,6-7,10-11,13,21H,4-5,8-9,12,14-15H2,(H,27,30)(H,28,29)(H,31,32). The molecule has 2 aromatic carbocycles. The van der Waals surface area contributed by atoms with Gasteiger partial charge in [0.25, 0.3) is 5.91 Å². The topological polar surface area (TPSA) is 135 Å². The van der Waals surface area contributed by atoms with E-state index in [2.05, 4.69) is 10.6 Å². The molecule has 0 radical (unpaired) electrons. The van der Waals surface area contributed by atoms with Crippen LogP contribution in [0.5, 0.6) is 5.75 Å². The molecule has 0 bridgehead atoms. The van der Waals surface area contributed by atoms with Gasteiger partial charge in [0, 0.05) is 23.4 Å². The summed E-state index contributed by atoms with van der Waals surface area (Å²) in [7, 11) is 0. The molecule has 3 aromatic rings. The van der Waals surface area contributed by atoms with Gasteiger partial charge in [0.05, 0.1) is 6.54 Å². The highest BCUT2D eigenvalue weighted by Gasteiger charge is 2.21. The Morgan fingerprint density at radius 1 is 1.00 bits per heavy atom. The number of carbonyl (C=O) groups excluding carboxylic acids is 2. The van der Waals surface area contributed by atoms with E-state index < -0.39 is 23.8 Å². The molecule has 4 rings (SSSR count). The summed E-state index contributed by atoms with van der Waals surface area (Å²) in [5.41, 5.74) is 2.60. The largest absolute Gasteiger partial charge is 0.484 e. The summed E-state index contributed by atoms with van der Waals surface area (Å²) in [6, 6.07) is 12.9. The Hall–Kier alpha value is -4.14. The summed E-state index contributed by atoms with van der Waals surface area (Å²) >= 11 is 0. The average molecular weight is 479 g/mol. The number of hydrogen-bond donors (Lipinski definition) is 3. The molecule has 9 nitrogen and oxygen atoms in total. The molecule has 1 unspecified atom stereocenters. The Bertz CT molecular complexity index is 1300. The minimum absolute atomic E-state index is 0.125. The predicted molar refractivity (Wildman–Crippen MR) is 127 cm³/mol. The minimum atomic E-state index is -1.17. The van der Waals surface area contributed by atoms with E-state index in [1.54, 1.807) is 36.4 Å². The lowest BCUT2D eigenvalue weighted by atomic mass is 9.91. The molecular weight excluding hydrogens is 452 g/mol. The summed E-state index contributed by atoms with van der Waals surface area (Å²) in [6.07, 6.45) is 3.67. The van der Waals surface area contributed by atoms with Gasteiger partial charge in [0.2, 0.25) is 5.91 Å². The van der Waals surface area contributed by atoms with Crippen molar-refractivity contribution < 1.29 is 28.6 Å². The average Bonchev–Trinajstić information content (AvgIpc) is 2.86. The van der Waals surface area contributed by atoms with Gasteiger partial charge in [0.15, 0.2) is 6.61 Å². The maximum atomic E-state index is 12.3.